The summed E-state index contributed by atoms with van der Waals surface area (Å²) in [5, 5.41) is 0. The fraction of sp³-hybridized carbons (Fsp3) is 0.500. The van der Waals surface area contributed by atoms with Crippen molar-refractivity contribution in [2.24, 2.45) is 0 Å². The van der Waals surface area contributed by atoms with Crippen LogP contribution in [0.25, 0.3) is 0 Å². The first-order valence-electron chi connectivity index (χ1n) is 3.58. The zero-order valence-corrected chi connectivity index (χ0v) is 10.5. The topological polar surface area (TPSA) is 35.5 Å². The highest BCUT2D eigenvalue weighted by molar-refractivity contribution is 6.48. The zero-order chi connectivity index (χ0) is 8.85. The Morgan fingerprint density at radius 1 is 1.55 bits per heavy atom. The molecule has 0 amide bonds. The SMILES string of the molecule is CC(=C[SiH3])C(=O)OO[SiH](C)C. The van der Waals surface area contributed by atoms with Crippen LogP contribution in [0.3, 0.4) is 0 Å². The number of rotatable bonds is 3. The molecule has 3 nitrogen and oxygen atoms in total. The van der Waals surface area contributed by atoms with E-state index in [1.54, 1.807) is 6.92 Å². The molecule has 0 aliphatic rings. The Bertz CT molecular complexity index is 165. The summed E-state index contributed by atoms with van der Waals surface area (Å²) in [5.41, 5.74) is 2.46. The van der Waals surface area contributed by atoms with Crippen LogP contribution in [0.1, 0.15) is 6.92 Å². The molecular formula is C6H14O3Si2. The highest BCUT2D eigenvalue weighted by Gasteiger charge is 2.06. The molecule has 0 aliphatic heterocycles. The lowest BCUT2D eigenvalue weighted by Gasteiger charge is -2.04. The van der Waals surface area contributed by atoms with Gasteiger partial charge in [0.15, 0.2) is 0 Å². The Kier molecular flexibility index (Phi) is 5.09. The van der Waals surface area contributed by atoms with Gasteiger partial charge in [-0.25, -0.2) is 9.37 Å². The molecule has 0 unspecified atom stereocenters. The van der Waals surface area contributed by atoms with Gasteiger partial charge in [0.2, 0.25) is 9.04 Å². The summed E-state index contributed by atoms with van der Waals surface area (Å²) in [6.07, 6.45) is 0. The third-order valence-corrected chi connectivity index (χ3v) is 2.42. The summed E-state index contributed by atoms with van der Waals surface area (Å²) < 4.78 is 4.79. The van der Waals surface area contributed by atoms with E-state index in [-0.39, 0.29) is 5.97 Å². The van der Waals surface area contributed by atoms with E-state index in [0.29, 0.717) is 5.57 Å². The fourth-order valence-corrected chi connectivity index (χ4v) is 0.839. The first kappa shape index (κ1) is 10.6. The van der Waals surface area contributed by atoms with Crippen LogP contribution in [0.5, 0.6) is 0 Å². The third-order valence-electron chi connectivity index (χ3n) is 1.07. The van der Waals surface area contributed by atoms with Crippen molar-refractivity contribution in [1.29, 1.82) is 0 Å². The van der Waals surface area contributed by atoms with E-state index in [9.17, 15) is 4.79 Å². The maximum absolute atomic E-state index is 10.9. The van der Waals surface area contributed by atoms with Gasteiger partial charge in [-0.05, 0) is 20.0 Å². The molecule has 0 saturated carbocycles. The molecule has 0 rings (SSSR count). The molecule has 0 aromatic carbocycles. The second-order valence-electron chi connectivity index (χ2n) is 2.49. The first-order chi connectivity index (χ1) is 5.07. The minimum Gasteiger partial charge on any atom is -0.305 e. The van der Waals surface area contributed by atoms with Gasteiger partial charge in [-0.3, -0.25) is 0 Å². The Hall–Kier alpha value is -0.396. The van der Waals surface area contributed by atoms with Crippen molar-refractivity contribution in [3.63, 3.8) is 0 Å². The lowest BCUT2D eigenvalue weighted by atomic mass is 10.4. The van der Waals surface area contributed by atoms with E-state index in [0.717, 1.165) is 10.2 Å². The number of carbonyl (C=O) groups is 1. The van der Waals surface area contributed by atoms with Gasteiger partial charge in [0.1, 0.15) is 0 Å². The van der Waals surface area contributed by atoms with Crippen molar-refractivity contribution in [2.45, 2.75) is 20.0 Å². The average molecular weight is 190 g/mol. The smallest absolute Gasteiger partial charge is 0.305 e. The lowest BCUT2D eigenvalue weighted by Crippen LogP contribution is -2.14. The minimum absolute atomic E-state index is 0.360. The molecule has 11 heavy (non-hydrogen) atoms. The molecule has 0 heterocycles. The quantitative estimate of drug-likeness (QED) is 0.266. The van der Waals surface area contributed by atoms with E-state index >= 15 is 0 Å². The van der Waals surface area contributed by atoms with E-state index in [2.05, 4.69) is 4.89 Å². The fourth-order valence-electron chi connectivity index (χ4n) is 0.323. The van der Waals surface area contributed by atoms with Crippen LogP contribution in [-0.2, 0) is 14.3 Å². The summed E-state index contributed by atoms with van der Waals surface area (Å²) in [5.74, 6) is -0.360. The van der Waals surface area contributed by atoms with Gasteiger partial charge in [0.05, 0.1) is 0 Å². The van der Waals surface area contributed by atoms with E-state index in [1.165, 1.54) is 0 Å². The highest BCUT2D eigenvalue weighted by atomic mass is 28.3. The molecule has 0 saturated heterocycles. The second kappa shape index (κ2) is 5.28. The van der Waals surface area contributed by atoms with Crippen molar-refractivity contribution < 1.29 is 14.3 Å². The molecule has 64 valence electrons. The Morgan fingerprint density at radius 2 is 2.09 bits per heavy atom. The van der Waals surface area contributed by atoms with Gasteiger partial charge in [-0.15, -0.1) is 0 Å². The Labute approximate surface area is 71.5 Å². The molecule has 5 heteroatoms. The van der Waals surface area contributed by atoms with Crippen LogP contribution in [0, 0.1) is 0 Å². The normalized spacial score (nSPS) is 12.2. The van der Waals surface area contributed by atoms with Crippen LogP contribution < -0.4 is 0 Å². The zero-order valence-electron chi connectivity index (χ0n) is 7.38. The van der Waals surface area contributed by atoms with Crippen molar-refractivity contribution in [3.8, 4) is 0 Å². The molecule has 0 aromatic heterocycles. The molecule has 0 spiro atoms. The summed E-state index contributed by atoms with van der Waals surface area (Å²) in [6, 6.07) is 0. The summed E-state index contributed by atoms with van der Waals surface area (Å²) in [6.45, 7) is 5.60. The molecule has 0 radical (unpaired) electrons. The monoisotopic (exact) mass is 190 g/mol. The van der Waals surface area contributed by atoms with Crippen LogP contribution in [0.2, 0.25) is 13.1 Å². The van der Waals surface area contributed by atoms with E-state index in [4.69, 9.17) is 4.58 Å². The standard InChI is InChI=1S/C6H14O3Si2/c1-5(4-10)6(7)8-9-11(2)3/h4,11H,1-3,10H3. The van der Waals surface area contributed by atoms with Gasteiger partial charge in [0.25, 0.3) is 0 Å². The molecular weight excluding hydrogens is 176 g/mol. The van der Waals surface area contributed by atoms with Gasteiger partial charge < -0.3 is 4.89 Å². The summed E-state index contributed by atoms with van der Waals surface area (Å²) in [7, 11) is -0.371. The Morgan fingerprint density at radius 3 is 2.45 bits per heavy atom. The molecule has 0 fully saturated rings. The molecule has 0 atom stereocenters. The molecule has 0 N–H and O–H groups in total. The van der Waals surface area contributed by atoms with Crippen LogP contribution in [-0.4, -0.2) is 25.3 Å². The number of hydrogen-bond donors (Lipinski definition) is 0. The van der Waals surface area contributed by atoms with E-state index in [1.807, 2.05) is 18.8 Å². The third kappa shape index (κ3) is 4.94. The highest BCUT2D eigenvalue weighted by Crippen LogP contribution is 1.96. The Balaban J connectivity index is 3.71. The van der Waals surface area contributed by atoms with Crippen LogP contribution in [0.4, 0.5) is 0 Å². The molecule has 0 aromatic rings. The van der Waals surface area contributed by atoms with Gasteiger partial charge in [-0.2, -0.15) is 0 Å². The summed E-state index contributed by atoms with van der Waals surface area (Å²) >= 11 is 0. The molecule has 0 bridgehead atoms. The van der Waals surface area contributed by atoms with Gasteiger partial charge in [0, 0.05) is 15.8 Å². The minimum atomic E-state index is -1.24. The largest absolute Gasteiger partial charge is 0.366 e. The average Bonchev–Trinajstić information content (AvgIpc) is 1.98. The second-order valence-corrected chi connectivity index (χ2v) is 5.35. The predicted molar refractivity (Wildman–Crippen MR) is 49.8 cm³/mol. The van der Waals surface area contributed by atoms with Gasteiger partial charge >= 0.3 is 5.97 Å². The number of hydrogen-bond acceptors (Lipinski definition) is 3. The predicted octanol–water partition coefficient (Wildman–Crippen LogP) is -0.286. The van der Waals surface area contributed by atoms with Crippen LogP contribution >= 0.6 is 0 Å². The maximum Gasteiger partial charge on any atom is 0.366 e. The van der Waals surface area contributed by atoms with E-state index < -0.39 is 9.04 Å². The summed E-state index contributed by atoms with van der Waals surface area (Å²) in [4.78, 5) is 15.4. The van der Waals surface area contributed by atoms with Crippen molar-refractivity contribution in [1.82, 2.24) is 0 Å². The van der Waals surface area contributed by atoms with Gasteiger partial charge in [-0.1, -0.05) is 5.70 Å². The van der Waals surface area contributed by atoms with Crippen LogP contribution in [0.15, 0.2) is 11.3 Å². The maximum atomic E-state index is 10.9. The molecule has 0 aliphatic carbocycles. The first-order valence-corrected chi connectivity index (χ1v) is 7.52. The van der Waals surface area contributed by atoms with Crippen molar-refractivity contribution in [3.05, 3.63) is 11.3 Å². The van der Waals surface area contributed by atoms with Crippen molar-refractivity contribution >= 4 is 25.3 Å². The van der Waals surface area contributed by atoms with Crippen molar-refractivity contribution in [2.75, 3.05) is 0 Å². The number of carbonyl (C=O) groups excluding carboxylic acids is 1. The lowest BCUT2D eigenvalue weighted by molar-refractivity contribution is -0.211.